The number of para-hydroxylation sites is 1. The molecule has 0 saturated carbocycles. The fourth-order valence-electron chi connectivity index (χ4n) is 2.00. The number of carbonyl (C=O) groups excluding carboxylic acids is 1. The van der Waals surface area contributed by atoms with Crippen LogP contribution in [0.3, 0.4) is 0 Å². The number of aromatic nitrogens is 1. The van der Waals surface area contributed by atoms with E-state index in [-0.39, 0.29) is 12.0 Å². The standard InChI is InChI=1S/C16H20N2O2/c1-11(2)20-12(3)16(19)17-10-14-9-8-13-6-4-5-7-15(13)18-14/h4-9,11-12H,10H2,1-3H3,(H,17,19). The summed E-state index contributed by atoms with van der Waals surface area (Å²) < 4.78 is 5.44. The van der Waals surface area contributed by atoms with Gasteiger partial charge in [0.05, 0.1) is 23.9 Å². The maximum Gasteiger partial charge on any atom is 0.249 e. The van der Waals surface area contributed by atoms with Gasteiger partial charge in [-0.2, -0.15) is 0 Å². The highest BCUT2D eigenvalue weighted by atomic mass is 16.5. The number of hydrogen-bond donors (Lipinski definition) is 1. The molecule has 2 aromatic rings. The minimum atomic E-state index is -0.449. The van der Waals surface area contributed by atoms with Crippen molar-refractivity contribution in [3.05, 3.63) is 42.1 Å². The van der Waals surface area contributed by atoms with E-state index in [0.717, 1.165) is 16.6 Å². The highest BCUT2D eigenvalue weighted by Crippen LogP contribution is 2.11. The van der Waals surface area contributed by atoms with Crippen molar-refractivity contribution in [3.63, 3.8) is 0 Å². The Labute approximate surface area is 119 Å². The van der Waals surface area contributed by atoms with E-state index in [1.54, 1.807) is 6.92 Å². The predicted molar refractivity (Wildman–Crippen MR) is 79.3 cm³/mol. The van der Waals surface area contributed by atoms with Crippen molar-refractivity contribution in [1.82, 2.24) is 10.3 Å². The summed E-state index contributed by atoms with van der Waals surface area (Å²) >= 11 is 0. The van der Waals surface area contributed by atoms with Crippen LogP contribution in [0, 0.1) is 0 Å². The summed E-state index contributed by atoms with van der Waals surface area (Å²) in [6, 6.07) is 11.9. The minimum absolute atomic E-state index is 0.0366. The number of carbonyl (C=O) groups is 1. The van der Waals surface area contributed by atoms with Gasteiger partial charge in [-0.1, -0.05) is 24.3 Å². The first-order chi connectivity index (χ1) is 9.56. The largest absolute Gasteiger partial charge is 0.366 e. The van der Waals surface area contributed by atoms with Crippen LogP contribution in [0.25, 0.3) is 10.9 Å². The summed E-state index contributed by atoms with van der Waals surface area (Å²) in [5.74, 6) is -0.117. The molecule has 20 heavy (non-hydrogen) atoms. The number of fused-ring (bicyclic) bond motifs is 1. The van der Waals surface area contributed by atoms with Crippen molar-refractivity contribution in [2.24, 2.45) is 0 Å². The number of rotatable bonds is 5. The molecule has 1 unspecified atom stereocenters. The number of benzene rings is 1. The molecule has 0 radical (unpaired) electrons. The molecule has 0 aliphatic rings. The first-order valence-corrected chi connectivity index (χ1v) is 6.84. The van der Waals surface area contributed by atoms with Gasteiger partial charge in [-0.05, 0) is 32.9 Å². The van der Waals surface area contributed by atoms with Crippen LogP contribution >= 0.6 is 0 Å². The van der Waals surface area contributed by atoms with E-state index < -0.39 is 6.10 Å². The van der Waals surface area contributed by atoms with E-state index in [0.29, 0.717) is 6.54 Å². The summed E-state index contributed by atoms with van der Waals surface area (Å²) in [7, 11) is 0. The van der Waals surface area contributed by atoms with Crippen molar-refractivity contribution in [3.8, 4) is 0 Å². The number of ether oxygens (including phenoxy) is 1. The van der Waals surface area contributed by atoms with Gasteiger partial charge in [-0.25, -0.2) is 0 Å². The summed E-state index contributed by atoms with van der Waals surface area (Å²) in [6.45, 7) is 5.99. The average Bonchev–Trinajstić information content (AvgIpc) is 2.43. The van der Waals surface area contributed by atoms with Gasteiger partial charge >= 0.3 is 0 Å². The van der Waals surface area contributed by atoms with E-state index in [2.05, 4.69) is 10.3 Å². The smallest absolute Gasteiger partial charge is 0.249 e. The van der Waals surface area contributed by atoms with Crippen LogP contribution in [0.4, 0.5) is 0 Å². The Balaban J connectivity index is 1.97. The zero-order chi connectivity index (χ0) is 14.5. The topological polar surface area (TPSA) is 51.2 Å². The van der Waals surface area contributed by atoms with Crippen LogP contribution in [0.5, 0.6) is 0 Å². The molecule has 0 saturated heterocycles. The number of amides is 1. The molecule has 1 aromatic carbocycles. The van der Waals surface area contributed by atoms with E-state index in [4.69, 9.17) is 4.74 Å². The van der Waals surface area contributed by atoms with Crippen LogP contribution in [-0.4, -0.2) is 23.1 Å². The number of hydrogen-bond acceptors (Lipinski definition) is 3. The number of nitrogens with zero attached hydrogens (tertiary/aromatic N) is 1. The molecule has 1 amide bonds. The Bertz CT molecular complexity index is 596. The molecular weight excluding hydrogens is 252 g/mol. The highest BCUT2D eigenvalue weighted by Gasteiger charge is 2.14. The average molecular weight is 272 g/mol. The lowest BCUT2D eigenvalue weighted by Crippen LogP contribution is -2.35. The Morgan fingerprint density at radius 3 is 2.70 bits per heavy atom. The molecule has 0 fully saturated rings. The van der Waals surface area contributed by atoms with Gasteiger partial charge in [-0.15, -0.1) is 0 Å². The molecule has 1 heterocycles. The molecule has 4 heteroatoms. The Morgan fingerprint density at radius 2 is 1.95 bits per heavy atom. The number of pyridine rings is 1. The molecule has 1 atom stereocenters. The lowest BCUT2D eigenvalue weighted by molar-refractivity contribution is -0.134. The van der Waals surface area contributed by atoms with Crippen LogP contribution in [0.1, 0.15) is 26.5 Å². The first-order valence-electron chi connectivity index (χ1n) is 6.84. The van der Waals surface area contributed by atoms with Gasteiger partial charge in [0.2, 0.25) is 5.91 Å². The van der Waals surface area contributed by atoms with E-state index in [9.17, 15) is 4.79 Å². The quantitative estimate of drug-likeness (QED) is 0.910. The molecule has 1 N–H and O–H groups in total. The third kappa shape index (κ3) is 3.78. The van der Waals surface area contributed by atoms with Gasteiger partial charge in [0, 0.05) is 5.39 Å². The second-order valence-electron chi connectivity index (χ2n) is 5.04. The van der Waals surface area contributed by atoms with Crippen molar-refractivity contribution in [2.45, 2.75) is 39.5 Å². The SMILES string of the molecule is CC(C)OC(C)C(=O)NCc1ccc2ccccc2n1. The van der Waals surface area contributed by atoms with Crippen LogP contribution in [0.2, 0.25) is 0 Å². The van der Waals surface area contributed by atoms with Gasteiger partial charge in [0.1, 0.15) is 6.10 Å². The highest BCUT2D eigenvalue weighted by molar-refractivity contribution is 5.80. The maximum atomic E-state index is 11.9. The normalized spacial score (nSPS) is 12.6. The molecule has 106 valence electrons. The van der Waals surface area contributed by atoms with Crippen molar-refractivity contribution >= 4 is 16.8 Å². The van der Waals surface area contributed by atoms with E-state index in [1.165, 1.54) is 0 Å². The van der Waals surface area contributed by atoms with E-state index in [1.807, 2.05) is 50.2 Å². The monoisotopic (exact) mass is 272 g/mol. The second-order valence-corrected chi connectivity index (χ2v) is 5.04. The Kier molecular flexibility index (Phi) is 4.69. The van der Waals surface area contributed by atoms with Gasteiger partial charge < -0.3 is 10.1 Å². The Morgan fingerprint density at radius 1 is 1.20 bits per heavy atom. The molecule has 0 aliphatic heterocycles. The van der Waals surface area contributed by atoms with Crippen molar-refractivity contribution in [1.29, 1.82) is 0 Å². The van der Waals surface area contributed by atoms with Crippen molar-refractivity contribution in [2.75, 3.05) is 0 Å². The van der Waals surface area contributed by atoms with Gasteiger partial charge in [-0.3, -0.25) is 9.78 Å². The zero-order valence-corrected chi connectivity index (χ0v) is 12.1. The lowest BCUT2D eigenvalue weighted by atomic mass is 10.2. The van der Waals surface area contributed by atoms with Crippen LogP contribution < -0.4 is 5.32 Å². The molecule has 4 nitrogen and oxygen atoms in total. The zero-order valence-electron chi connectivity index (χ0n) is 12.1. The predicted octanol–water partition coefficient (Wildman–Crippen LogP) is 2.66. The maximum absolute atomic E-state index is 11.9. The molecular formula is C16H20N2O2. The van der Waals surface area contributed by atoms with Crippen LogP contribution in [0.15, 0.2) is 36.4 Å². The summed E-state index contributed by atoms with van der Waals surface area (Å²) in [5, 5.41) is 3.94. The molecule has 0 bridgehead atoms. The van der Waals surface area contributed by atoms with E-state index >= 15 is 0 Å². The summed E-state index contributed by atoms with van der Waals surface area (Å²) in [6.07, 6.45) is -0.412. The van der Waals surface area contributed by atoms with Crippen molar-refractivity contribution < 1.29 is 9.53 Å². The van der Waals surface area contributed by atoms with Crippen LogP contribution in [-0.2, 0) is 16.1 Å². The fraction of sp³-hybridized carbons (Fsp3) is 0.375. The molecule has 0 spiro atoms. The summed E-state index contributed by atoms with van der Waals surface area (Å²) in [5.41, 5.74) is 1.78. The number of nitrogens with one attached hydrogen (secondary N) is 1. The first kappa shape index (κ1) is 14.5. The fourth-order valence-corrected chi connectivity index (χ4v) is 2.00. The molecule has 0 aliphatic carbocycles. The lowest BCUT2D eigenvalue weighted by Gasteiger charge is -2.15. The third-order valence-electron chi connectivity index (χ3n) is 2.95. The second kappa shape index (κ2) is 6.48. The Hall–Kier alpha value is -1.94. The van der Waals surface area contributed by atoms with Gasteiger partial charge in [0.15, 0.2) is 0 Å². The molecule has 1 aromatic heterocycles. The van der Waals surface area contributed by atoms with Gasteiger partial charge in [0.25, 0.3) is 0 Å². The summed E-state index contributed by atoms with van der Waals surface area (Å²) in [4.78, 5) is 16.4. The minimum Gasteiger partial charge on any atom is -0.366 e. The third-order valence-corrected chi connectivity index (χ3v) is 2.95. The molecule has 2 rings (SSSR count).